The maximum Gasteiger partial charge on any atom is 0.0606 e. The molecule has 1 aromatic rings. The first-order chi connectivity index (χ1) is 9.24. The molecule has 0 fully saturated rings. The van der Waals surface area contributed by atoms with Gasteiger partial charge in [0.15, 0.2) is 0 Å². The summed E-state index contributed by atoms with van der Waals surface area (Å²) < 4.78 is 1.08. The van der Waals surface area contributed by atoms with Gasteiger partial charge >= 0.3 is 0 Å². The number of anilines is 1. The van der Waals surface area contributed by atoms with Crippen LogP contribution in [0.5, 0.6) is 0 Å². The highest BCUT2D eigenvalue weighted by atomic mass is 79.9. The van der Waals surface area contributed by atoms with E-state index < -0.39 is 0 Å². The molecule has 0 unspecified atom stereocenters. The molecule has 4 heteroatoms. The van der Waals surface area contributed by atoms with Gasteiger partial charge in [-0.2, -0.15) is 0 Å². The summed E-state index contributed by atoms with van der Waals surface area (Å²) in [6.45, 7) is 12.4. The van der Waals surface area contributed by atoms with Crippen molar-refractivity contribution in [3.8, 4) is 0 Å². The van der Waals surface area contributed by atoms with E-state index in [2.05, 4.69) is 79.0 Å². The van der Waals surface area contributed by atoms with Crippen LogP contribution in [-0.2, 0) is 6.54 Å². The van der Waals surface area contributed by atoms with Crippen LogP contribution in [0.1, 0.15) is 40.2 Å². The van der Waals surface area contributed by atoms with Gasteiger partial charge in [-0.3, -0.25) is 0 Å². The van der Waals surface area contributed by atoms with E-state index in [1.54, 1.807) is 0 Å². The fourth-order valence-corrected chi connectivity index (χ4v) is 2.51. The molecule has 0 bridgehead atoms. The Kier molecular flexibility index (Phi) is 6.49. The minimum absolute atomic E-state index is 0.0826. The van der Waals surface area contributed by atoms with Crippen LogP contribution < -0.4 is 10.2 Å². The second-order valence-electron chi connectivity index (χ2n) is 6.39. The zero-order valence-corrected chi connectivity index (χ0v) is 14.8. The van der Waals surface area contributed by atoms with E-state index in [-0.39, 0.29) is 12.1 Å². The van der Waals surface area contributed by atoms with E-state index in [1.165, 1.54) is 11.3 Å². The van der Waals surface area contributed by atoms with Crippen molar-refractivity contribution < 1.29 is 5.11 Å². The number of nitrogens with zero attached hydrogens (tertiary/aromatic N) is 1. The van der Waals surface area contributed by atoms with Crippen LogP contribution in [0.3, 0.4) is 0 Å². The van der Waals surface area contributed by atoms with E-state index in [0.717, 1.165) is 11.0 Å². The Bertz CT molecular complexity index is 427. The van der Waals surface area contributed by atoms with Crippen LogP contribution in [-0.4, -0.2) is 29.8 Å². The molecule has 0 amide bonds. The maximum atomic E-state index is 9.28. The van der Waals surface area contributed by atoms with Crippen LogP contribution in [0.15, 0.2) is 22.7 Å². The van der Waals surface area contributed by atoms with Gasteiger partial charge in [0.2, 0.25) is 0 Å². The van der Waals surface area contributed by atoms with Gasteiger partial charge in [-0.05, 0) is 58.4 Å². The molecule has 0 aliphatic carbocycles. The molecule has 20 heavy (non-hydrogen) atoms. The third kappa shape index (κ3) is 5.43. The van der Waals surface area contributed by atoms with Gasteiger partial charge in [0, 0.05) is 34.8 Å². The lowest BCUT2D eigenvalue weighted by atomic mass is 10.1. The van der Waals surface area contributed by atoms with Crippen molar-refractivity contribution in [3.05, 3.63) is 28.2 Å². The fraction of sp³-hybridized carbons (Fsp3) is 0.625. The molecule has 0 heterocycles. The van der Waals surface area contributed by atoms with Crippen molar-refractivity contribution >= 4 is 21.6 Å². The Labute approximate surface area is 131 Å². The fourth-order valence-electron chi connectivity index (χ4n) is 2.10. The van der Waals surface area contributed by atoms with Crippen LogP contribution >= 0.6 is 15.9 Å². The molecule has 0 atom stereocenters. The lowest BCUT2D eigenvalue weighted by Gasteiger charge is -2.31. The van der Waals surface area contributed by atoms with Crippen molar-refractivity contribution in [3.63, 3.8) is 0 Å². The maximum absolute atomic E-state index is 9.28. The normalized spacial score (nSPS) is 12.0. The number of halogens is 1. The average molecular weight is 343 g/mol. The van der Waals surface area contributed by atoms with Crippen molar-refractivity contribution in [1.82, 2.24) is 5.32 Å². The predicted molar refractivity (Wildman–Crippen MR) is 90.3 cm³/mol. The van der Waals surface area contributed by atoms with E-state index >= 15 is 0 Å². The lowest BCUT2D eigenvalue weighted by Crippen LogP contribution is -2.37. The number of rotatable bonds is 6. The third-order valence-corrected chi connectivity index (χ3v) is 3.62. The van der Waals surface area contributed by atoms with E-state index in [4.69, 9.17) is 0 Å². The molecule has 1 aromatic carbocycles. The average Bonchev–Trinajstić information content (AvgIpc) is 2.33. The molecule has 0 spiro atoms. The van der Waals surface area contributed by atoms with Crippen molar-refractivity contribution in [1.29, 1.82) is 0 Å². The van der Waals surface area contributed by atoms with Gasteiger partial charge < -0.3 is 15.3 Å². The molecular formula is C16H27BrN2O. The number of nitrogens with one attached hydrogen (secondary N) is 1. The SMILES string of the molecule is CC(C)N(CCO)c1ccc(Br)cc1CNC(C)(C)C. The highest BCUT2D eigenvalue weighted by Crippen LogP contribution is 2.26. The summed E-state index contributed by atoms with van der Waals surface area (Å²) in [5, 5.41) is 12.8. The van der Waals surface area contributed by atoms with Crippen molar-refractivity contribution in [2.45, 2.75) is 52.7 Å². The quantitative estimate of drug-likeness (QED) is 0.829. The summed E-state index contributed by atoms with van der Waals surface area (Å²) in [5.74, 6) is 0. The predicted octanol–water partition coefficient (Wildman–Crippen LogP) is 3.54. The molecule has 2 N–H and O–H groups in total. The molecule has 114 valence electrons. The van der Waals surface area contributed by atoms with Crippen LogP contribution in [0, 0.1) is 0 Å². The molecule has 3 nitrogen and oxygen atoms in total. The van der Waals surface area contributed by atoms with Gasteiger partial charge in [-0.15, -0.1) is 0 Å². The molecule has 0 aliphatic rings. The van der Waals surface area contributed by atoms with Crippen LogP contribution in [0.25, 0.3) is 0 Å². The number of hydrogen-bond acceptors (Lipinski definition) is 3. The summed E-state index contributed by atoms with van der Waals surface area (Å²) in [7, 11) is 0. The molecule has 0 saturated carbocycles. The first-order valence-electron chi connectivity index (χ1n) is 7.15. The van der Waals surface area contributed by atoms with Gasteiger partial charge in [-0.1, -0.05) is 15.9 Å². The van der Waals surface area contributed by atoms with Crippen LogP contribution in [0.4, 0.5) is 5.69 Å². The molecular weight excluding hydrogens is 316 g/mol. The standard InChI is InChI=1S/C16H27BrN2O/c1-12(2)19(8-9-20)15-7-6-14(17)10-13(15)11-18-16(3,4)5/h6-7,10,12,18,20H,8-9,11H2,1-5H3. The van der Waals surface area contributed by atoms with Gasteiger partial charge in [-0.25, -0.2) is 0 Å². The number of hydrogen-bond donors (Lipinski definition) is 2. The Morgan fingerprint density at radius 2 is 1.95 bits per heavy atom. The largest absolute Gasteiger partial charge is 0.395 e. The zero-order valence-electron chi connectivity index (χ0n) is 13.2. The minimum Gasteiger partial charge on any atom is -0.395 e. The van der Waals surface area contributed by atoms with Gasteiger partial charge in [0.1, 0.15) is 0 Å². The Morgan fingerprint density at radius 1 is 1.30 bits per heavy atom. The van der Waals surface area contributed by atoms with Gasteiger partial charge in [0.25, 0.3) is 0 Å². The summed E-state index contributed by atoms with van der Waals surface area (Å²) in [6.07, 6.45) is 0. The molecule has 0 aliphatic heterocycles. The zero-order chi connectivity index (χ0) is 15.3. The molecule has 0 aromatic heterocycles. The second kappa shape index (κ2) is 7.43. The Balaban J connectivity index is 3.05. The smallest absolute Gasteiger partial charge is 0.0606 e. The summed E-state index contributed by atoms with van der Waals surface area (Å²) in [5.41, 5.74) is 2.52. The lowest BCUT2D eigenvalue weighted by molar-refractivity contribution is 0.299. The van der Waals surface area contributed by atoms with E-state index in [0.29, 0.717) is 12.6 Å². The summed E-state index contributed by atoms with van der Waals surface area (Å²) in [4.78, 5) is 2.24. The third-order valence-electron chi connectivity index (χ3n) is 3.12. The molecule has 0 radical (unpaired) electrons. The van der Waals surface area contributed by atoms with Crippen molar-refractivity contribution in [2.24, 2.45) is 0 Å². The van der Waals surface area contributed by atoms with E-state index in [9.17, 15) is 5.11 Å². The first kappa shape index (κ1) is 17.5. The van der Waals surface area contributed by atoms with Crippen LogP contribution in [0.2, 0.25) is 0 Å². The second-order valence-corrected chi connectivity index (χ2v) is 7.30. The van der Waals surface area contributed by atoms with Gasteiger partial charge in [0.05, 0.1) is 6.61 Å². The van der Waals surface area contributed by atoms with Crippen molar-refractivity contribution in [2.75, 3.05) is 18.1 Å². The number of aliphatic hydroxyl groups excluding tert-OH is 1. The topological polar surface area (TPSA) is 35.5 Å². The Morgan fingerprint density at radius 3 is 2.45 bits per heavy atom. The van der Waals surface area contributed by atoms with E-state index in [1.807, 2.05) is 0 Å². The molecule has 1 rings (SSSR count). The Hall–Kier alpha value is -0.580. The monoisotopic (exact) mass is 342 g/mol. The minimum atomic E-state index is 0.0826. The highest BCUT2D eigenvalue weighted by Gasteiger charge is 2.16. The highest BCUT2D eigenvalue weighted by molar-refractivity contribution is 9.10. The first-order valence-corrected chi connectivity index (χ1v) is 7.95. The molecule has 0 saturated heterocycles. The number of aliphatic hydroxyl groups is 1. The number of benzene rings is 1. The summed E-state index contributed by atoms with van der Waals surface area (Å²) >= 11 is 3.55. The summed E-state index contributed by atoms with van der Waals surface area (Å²) in [6, 6.07) is 6.69.